The van der Waals surface area contributed by atoms with Gasteiger partial charge < -0.3 is 9.84 Å². The molecule has 0 bridgehead atoms. The van der Waals surface area contributed by atoms with E-state index < -0.39 is 23.9 Å². The highest BCUT2D eigenvalue weighted by Gasteiger charge is 2.14. The van der Waals surface area contributed by atoms with Gasteiger partial charge in [0.25, 0.3) is 0 Å². The molecule has 2 aromatic rings. The Morgan fingerprint density at radius 1 is 1.00 bits per heavy atom. The summed E-state index contributed by atoms with van der Waals surface area (Å²) in [6.07, 6.45) is -1.21. The number of carbonyl (C=O) groups is 3. The van der Waals surface area contributed by atoms with Gasteiger partial charge in [-0.1, -0.05) is 29.3 Å². The van der Waals surface area contributed by atoms with Gasteiger partial charge in [-0.25, -0.2) is 9.59 Å². The molecule has 0 saturated carbocycles. The summed E-state index contributed by atoms with van der Waals surface area (Å²) in [5.41, 5.74) is 0.424. The molecule has 2 rings (SSSR count). The molecule has 0 aliphatic rings. The van der Waals surface area contributed by atoms with Crippen LogP contribution in [0.5, 0.6) is 5.75 Å². The van der Waals surface area contributed by atoms with Crippen molar-refractivity contribution in [2.45, 2.75) is 6.42 Å². The van der Waals surface area contributed by atoms with Crippen LogP contribution in [-0.4, -0.2) is 29.0 Å². The Morgan fingerprint density at radius 2 is 1.59 bits per heavy atom. The zero-order valence-corrected chi connectivity index (χ0v) is 15.1. The van der Waals surface area contributed by atoms with Crippen LogP contribution in [0.15, 0.2) is 42.5 Å². The zero-order valence-electron chi connectivity index (χ0n) is 13.6. The predicted octanol–water partition coefficient (Wildman–Crippen LogP) is 3.07. The lowest BCUT2D eigenvalue weighted by atomic mass is 10.1. The first-order valence-electron chi connectivity index (χ1n) is 7.39. The van der Waals surface area contributed by atoms with E-state index in [9.17, 15) is 14.4 Å². The summed E-state index contributed by atoms with van der Waals surface area (Å²) in [4.78, 5) is 34.4. The molecule has 0 saturated heterocycles. The number of rotatable bonds is 4. The highest BCUT2D eigenvalue weighted by atomic mass is 35.5. The number of amides is 2. The molecule has 0 radical (unpaired) electrons. The van der Waals surface area contributed by atoms with Crippen LogP contribution in [0.1, 0.15) is 15.9 Å². The van der Waals surface area contributed by atoms with Crippen molar-refractivity contribution in [2.24, 2.45) is 0 Å². The minimum Gasteiger partial charge on any atom is -0.478 e. The van der Waals surface area contributed by atoms with E-state index in [1.165, 1.54) is 24.3 Å². The Morgan fingerprint density at radius 3 is 2.15 bits per heavy atom. The summed E-state index contributed by atoms with van der Waals surface area (Å²) in [6, 6.07) is 9.86. The lowest BCUT2D eigenvalue weighted by molar-refractivity contribution is -0.119. The molecule has 8 nitrogen and oxygen atoms in total. The lowest BCUT2D eigenvalue weighted by Gasteiger charge is -2.10. The molecule has 0 aliphatic heterocycles. The second-order valence-electron chi connectivity index (χ2n) is 5.14. The zero-order chi connectivity index (χ0) is 20.0. The van der Waals surface area contributed by atoms with Gasteiger partial charge in [0.2, 0.25) is 11.9 Å². The number of carboxylic acids is 1. The lowest BCUT2D eigenvalue weighted by Crippen LogP contribution is -2.44. The van der Waals surface area contributed by atoms with Crippen molar-refractivity contribution in [2.75, 3.05) is 0 Å². The van der Waals surface area contributed by atoms with Gasteiger partial charge in [-0.2, -0.15) is 0 Å². The minimum absolute atomic E-state index is 0.0287. The average molecular weight is 410 g/mol. The number of guanidine groups is 1. The normalized spacial score (nSPS) is 10.0. The van der Waals surface area contributed by atoms with Crippen molar-refractivity contribution in [3.8, 4) is 5.75 Å². The molecule has 0 fully saturated rings. The Balaban J connectivity index is 1.86. The van der Waals surface area contributed by atoms with E-state index in [2.05, 4.69) is 5.32 Å². The number of carboxylic acid groups (broad SMARTS) is 1. The number of ether oxygens (including phenoxy) is 1. The summed E-state index contributed by atoms with van der Waals surface area (Å²) < 4.78 is 4.88. The van der Waals surface area contributed by atoms with Gasteiger partial charge in [0.1, 0.15) is 5.75 Å². The maximum absolute atomic E-state index is 12.0. The van der Waals surface area contributed by atoms with Gasteiger partial charge in [0.15, 0.2) is 0 Å². The van der Waals surface area contributed by atoms with E-state index in [0.29, 0.717) is 15.6 Å². The summed E-state index contributed by atoms with van der Waals surface area (Å²) in [5, 5.41) is 21.2. The molecular weight excluding hydrogens is 397 g/mol. The summed E-state index contributed by atoms with van der Waals surface area (Å²) in [7, 11) is 0. The first kappa shape index (κ1) is 20.2. The van der Waals surface area contributed by atoms with Crippen LogP contribution in [0.4, 0.5) is 4.79 Å². The fraction of sp³-hybridized carbons (Fsp3) is 0.0588. The third kappa shape index (κ3) is 5.98. The smallest absolute Gasteiger partial charge is 0.419 e. The van der Waals surface area contributed by atoms with Crippen LogP contribution in [0.2, 0.25) is 10.0 Å². The maximum atomic E-state index is 12.0. The van der Waals surface area contributed by atoms with E-state index in [1.54, 1.807) is 18.2 Å². The quantitative estimate of drug-likeness (QED) is 0.455. The van der Waals surface area contributed by atoms with Crippen LogP contribution in [0, 0.1) is 5.41 Å². The minimum atomic E-state index is -1.12. The number of hydrogen-bond acceptors (Lipinski definition) is 5. The highest BCUT2D eigenvalue weighted by Crippen LogP contribution is 2.24. The number of benzene rings is 2. The molecule has 4 N–H and O–H groups in total. The number of aromatic carboxylic acids is 1. The summed E-state index contributed by atoms with van der Waals surface area (Å²) >= 11 is 11.9. The average Bonchev–Trinajstić information content (AvgIpc) is 2.58. The first-order chi connectivity index (χ1) is 12.8. The monoisotopic (exact) mass is 409 g/mol. The van der Waals surface area contributed by atoms with Crippen molar-refractivity contribution in [1.82, 2.24) is 10.6 Å². The van der Waals surface area contributed by atoms with E-state index in [0.717, 1.165) is 0 Å². The molecule has 27 heavy (non-hydrogen) atoms. The molecule has 0 heterocycles. The van der Waals surface area contributed by atoms with Crippen molar-refractivity contribution in [1.29, 1.82) is 5.41 Å². The first-order valence-corrected chi connectivity index (χ1v) is 8.15. The molecule has 2 aromatic carbocycles. The number of hydrogen-bond donors (Lipinski definition) is 4. The Kier molecular flexibility index (Phi) is 6.75. The highest BCUT2D eigenvalue weighted by molar-refractivity contribution is 6.36. The van der Waals surface area contributed by atoms with Gasteiger partial charge in [-0.15, -0.1) is 0 Å². The number of carbonyl (C=O) groups excluding carboxylic acids is 2. The van der Waals surface area contributed by atoms with Gasteiger partial charge in [0, 0.05) is 10.0 Å². The van der Waals surface area contributed by atoms with E-state index >= 15 is 0 Å². The maximum Gasteiger partial charge on any atom is 0.419 e. The van der Waals surface area contributed by atoms with Crippen molar-refractivity contribution in [3.05, 3.63) is 63.6 Å². The molecule has 0 aromatic heterocycles. The largest absolute Gasteiger partial charge is 0.478 e. The van der Waals surface area contributed by atoms with E-state index in [1.807, 2.05) is 5.32 Å². The van der Waals surface area contributed by atoms with Gasteiger partial charge >= 0.3 is 12.1 Å². The van der Waals surface area contributed by atoms with Crippen molar-refractivity contribution >= 4 is 47.1 Å². The standard InChI is InChI=1S/C17H13Cl2N3O5/c18-12-2-1-3-13(19)11(12)8-14(23)21-16(20)22-17(26)27-10-6-4-9(5-7-10)15(24)25/h1-7H,8H2,(H,24,25)(H3,20,21,22,23,26). The predicted molar refractivity (Wildman–Crippen MR) is 98.6 cm³/mol. The van der Waals surface area contributed by atoms with Crippen molar-refractivity contribution < 1.29 is 24.2 Å². The topological polar surface area (TPSA) is 129 Å². The molecule has 0 aliphatic carbocycles. The Bertz CT molecular complexity index is 880. The second-order valence-corrected chi connectivity index (χ2v) is 5.96. The SMILES string of the molecule is N=C(NC(=O)Cc1c(Cl)cccc1Cl)NC(=O)Oc1ccc(C(=O)O)cc1. The number of halogens is 2. The third-order valence-electron chi connectivity index (χ3n) is 3.20. The van der Waals surface area contributed by atoms with Crippen LogP contribution in [0.25, 0.3) is 0 Å². The van der Waals surface area contributed by atoms with Crippen LogP contribution < -0.4 is 15.4 Å². The summed E-state index contributed by atoms with van der Waals surface area (Å²) in [5.74, 6) is -2.26. The Hall–Kier alpha value is -3.10. The fourth-order valence-corrected chi connectivity index (χ4v) is 2.51. The molecule has 0 spiro atoms. The summed E-state index contributed by atoms with van der Waals surface area (Å²) in [6.45, 7) is 0. The molecule has 140 valence electrons. The van der Waals surface area contributed by atoms with E-state index in [-0.39, 0.29) is 17.7 Å². The van der Waals surface area contributed by atoms with Gasteiger partial charge in [-0.05, 0) is 42.0 Å². The molecule has 2 amide bonds. The molecule has 0 unspecified atom stereocenters. The van der Waals surface area contributed by atoms with Gasteiger partial charge in [-0.3, -0.25) is 20.8 Å². The number of nitrogens with one attached hydrogen (secondary N) is 3. The third-order valence-corrected chi connectivity index (χ3v) is 3.91. The van der Waals surface area contributed by atoms with Crippen LogP contribution >= 0.6 is 23.2 Å². The molecular formula is C17H13Cl2N3O5. The Labute approximate surface area is 163 Å². The van der Waals surface area contributed by atoms with Crippen LogP contribution in [0.3, 0.4) is 0 Å². The van der Waals surface area contributed by atoms with E-state index in [4.69, 9.17) is 38.5 Å². The van der Waals surface area contributed by atoms with Crippen molar-refractivity contribution in [3.63, 3.8) is 0 Å². The second kappa shape index (κ2) is 9.02. The van der Waals surface area contributed by atoms with Crippen LogP contribution in [-0.2, 0) is 11.2 Å². The fourth-order valence-electron chi connectivity index (χ4n) is 1.98. The van der Waals surface area contributed by atoms with Gasteiger partial charge in [0.05, 0.1) is 12.0 Å². The molecule has 10 heteroatoms. The molecule has 0 atom stereocenters.